The van der Waals surface area contributed by atoms with Crippen molar-refractivity contribution in [3.05, 3.63) is 83.7 Å². The van der Waals surface area contributed by atoms with Crippen LogP contribution in [0.1, 0.15) is 20.3 Å². The molecule has 1 aliphatic heterocycles. The van der Waals surface area contributed by atoms with Gasteiger partial charge >= 0.3 is 0 Å². The lowest BCUT2D eigenvalue weighted by Crippen LogP contribution is -2.13. The fourth-order valence-electron chi connectivity index (χ4n) is 3.04. The topological polar surface area (TPSA) is 21.6 Å². The molecule has 0 saturated heterocycles. The smallest absolute Gasteiger partial charge is 0.209 e. The zero-order valence-electron chi connectivity index (χ0n) is 15.3. The number of hydrogen-bond acceptors (Lipinski definition) is 2. The first-order valence-corrected chi connectivity index (χ1v) is 10.6. The van der Waals surface area contributed by atoms with E-state index in [9.17, 15) is 0 Å². The number of allylic oxidation sites excluding steroid dienone is 2. The predicted molar refractivity (Wildman–Crippen MR) is 112 cm³/mol. The van der Waals surface area contributed by atoms with Gasteiger partial charge in [0, 0.05) is 6.08 Å². The maximum absolute atomic E-state index is 5.75. The van der Waals surface area contributed by atoms with Crippen molar-refractivity contribution in [2.24, 2.45) is 10.9 Å². The molecule has 0 unspecified atom stereocenters. The summed E-state index contributed by atoms with van der Waals surface area (Å²) in [5.41, 5.74) is 2.80. The molecule has 1 saturated carbocycles. The van der Waals surface area contributed by atoms with Crippen LogP contribution in [0.4, 0.5) is 0 Å². The van der Waals surface area contributed by atoms with Crippen molar-refractivity contribution in [1.82, 2.24) is 0 Å². The van der Waals surface area contributed by atoms with Gasteiger partial charge in [-0.25, -0.2) is 4.99 Å². The second kappa shape index (κ2) is 7.60. The summed E-state index contributed by atoms with van der Waals surface area (Å²) in [4.78, 5) is 4.69. The predicted octanol–water partition coefficient (Wildman–Crippen LogP) is 4.79. The van der Waals surface area contributed by atoms with Crippen LogP contribution < -0.4 is 10.6 Å². The molecule has 1 aliphatic carbocycles. The lowest BCUT2D eigenvalue weighted by Gasteiger charge is -2.14. The van der Waals surface area contributed by atoms with Crippen LogP contribution in [0.5, 0.6) is 0 Å². The standard InChI is InChI=1S/C23H24NOP/c1-17(2)22-15-25-23(24-22)14-18-13-19(18)16-26(20-9-5-3-6-10-20)21-11-7-4-8-12-21/h3-12,14,16-17,22H,13,15H2,1-2H3/b18-14+,19-16+/t22-/m1/s1. The van der Waals surface area contributed by atoms with Crippen molar-refractivity contribution >= 4 is 24.4 Å². The zero-order chi connectivity index (χ0) is 17.9. The van der Waals surface area contributed by atoms with Gasteiger partial charge in [0.2, 0.25) is 5.90 Å². The molecule has 0 aromatic heterocycles. The lowest BCUT2D eigenvalue weighted by molar-refractivity contribution is 0.292. The molecule has 4 rings (SSSR count). The highest BCUT2D eigenvalue weighted by molar-refractivity contribution is 7.75. The number of benzene rings is 2. The number of ether oxygens (including phenoxy) is 1. The molecule has 0 radical (unpaired) electrons. The molecule has 3 heteroatoms. The van der Waals surface area contributed by atoms with Gasteiger partial charge < -0.3 is 4.74 Å². The normalized spacial score (nSPS) is 22.2. The third-order valence-electron chi connectivity index (χ3n) is 4.78. The van der Waals surface area contributed by atoms with E-state index < -0.39 is 7.92 Å². The molecule has 2 nitrogen and oxygen atoms in total. The van der Waals surface area contributed by atoms with Crippen LogP contribution in [0.25, 0.3) is 0 Å². The first-order valence-electron chi connectivity index (χ1n) is 9.22. The van der Waals surface area contributed by atoms with Crippen molar-refractivity contribution in [3.8, 4) is 0 Å². The second-order valence-corrected chi connectivity index (χ2v) is 9.16. The van der Waals surface area contributed by atoms with E-state index in [1.54, 1.807) is 0 Å². The van der Waals surface area contributed by atoms with Crippen molar-refractivity contribution in [2.45, 2.75) is 26.3 Å². The molecular weight excluding hydrogens is 337 g/mol. The molecular formula is C23H24NOP. The van der Waals surface area contributed by atoms with Gasteiger partial charge in [0.15, 0.2) is 0 Å². The quantitative estimate of drug-likeness (QED) is 0.702. The Labute approximate surface area is 157 Å². The highest BCUT2D eigenvalue weighted by Crippen LogP contribution is 2.46. The van der Waals surface area contributed by atoms with E-state index >= 15 is 0 Å². The zero-order valence-corrected chi connectivity index (χ0v) is 16.2. The van der Waals surface area contributed by atoms with Crippen LogP contribution in [0, 0.1) is 5.92 Å². The van der Waals surface area contributed by atoms with Crippen molar-refractivity contribution in [1.29, 1.82) is 0 Å². The largest absolute Gasteiger partial charge is 0.476 e. The van der Waals surface area contributed by atoms with Crippen LogP contribution in [0.2, 0.25) is 0 Å². The van der Waals surface area contributed by atoms with Crippen LogP contribution in [0.15, 0.2) is 88.7 Å². The summed E-state index contributed by atoms with van der Waals surface area (Å²) in [6, 6.07) is 21.9. The van der Waals surface area contributed by atoms with E-state index in [0.717, 1.165) is 18.9 Å². The summed E-state index contributed by atoms with van der Waals surface area (Å²) >= 11 is 0. The minimum Gasteiger partial charge on any atom is -0.476 e. The van der Waals surface area contributed by atoms with E-state index in [-0.39, 0.29) is 0 Å². The molecule has 1 fully saturated rings. The minimum atomic E-state index is -0.475. The molecule has 0 spiro atoms. The first kappa shape index (κ1) is 17.2. The van der Waals surface area contributed by atoms with E-state index in [1.807, 2.05) is 0 Å². The maximum Gasteiger partial charge on any atom is 0.209 e. The number of hydrogen-bond donors (Lipinski definition) is 0. The molecule has 0 amide bonds. The molecule has 132 valence electrons. The monoisotopic (exact) mass is 361 g/mol. The summed E-state index contributed by atoms with van der Waals surface area (Å²) in [7, 11) is -0.475. The van der Waals surface area contributed by atoms with Gasteiger partial charge in [0.25, 0.3) is 0 Å². The highest BCUT2D eigenvalue weighted by atomic mass is 31.1. The molecule has 26 heavy (non-hydrogen) atoms. The number of rotatable bonds is 5. The summed E-state index contributed by atoms with van der Waals surface area (Å²) in [6.07, 6.45) is 3.19. The van der Waals surface area contributed by atoms with Crippen molar-refractivity contribution in [2.75, 3.05) is 6.61 Å². The summed E-state index contributed by atoms with van der Waals surface area (Å²) < 4.78 is 5.75. The lowest BCUT2D eigenvalue weighted by atomic mass is 10.1. The fourth-order valence-corrected chi connectivity index (χ4v) is 5.19. The van der Waals surface area contributed by atoms with Gasteiger partial charge in [-0.05, 0) is 47.8 Å². The van der Waals surface area contributed by atoms with Gasteiger partial charge in [0.05, 0.1) is 6.04 Å². The molecule has 2 aromatic carbocycles. The van der Waals surface area contributed by atoms with Crippen LogP contribution in [0.3, 0.4) is 0 Å². The van der Waals surface area contributed by atoms with E-state index in [1.165, 1.54) is 21.8 Å². The van der Waals surface area contributed by atoms with Crippen LogP contribution >= 0.6 is 7.92 Å². The minimum absolute atomic E-state index is 0.304. The van der Waals surface area contributed by atoms with E-state index in [2.05, 4.69) is 86.4 Å². The Morgan fingerprint density at radius 2 is 1.58 bits per heavy atom. The average molecular weight is 361 g/mol. The highest BCUT2D eigenvalue weighted by Gasteiger charge is 2.27. The summed E-state index contributed by atoms with van der Waals surface area (Å²) in [6.45, 7) is 5.11. The Morgan fingerprint density at radius 3 is 2.12 bits per heavy atom. The van der Waals surface area contributed by atoms with E-state index in [4.69, 9.17) is 9.73 Å². The van der Waals surface area contributed by atoms with Gasteiger partial charge in [-0.2, -0.15) is 0 Å². The van der Waals surface area contributed by atoms with E-state index in [0.29, 0.717) is 12.0 Å². The van der Waals surface area contributed by atoms with Crippen molar-refractivity contribution in [3.63, 3.8) is 0 Å². The molecule has 2 aliphatic rings. The summed E-state index contributed by atoms with van der Waals surface area (Å²) in [5, 5.41) is 2.78. The Balaban J connectivity index is 1.58. The Morgan fingerprint density at radius 1 is 0.962 bits per heavy atom. The molecule has 1 atom stereocenters. The Bertz CT molecular complexity index is 813. The molecule has 0 N–H and O–H groups in total. The SMILES string of the molecule is CC(C)[C@H]1COC(/C=C2\C\C2=C/P(c2ccccc2)c2ccccc2)=N1. The molecule has 2 aromatic rings. The van der Waals surface area contributed by atoms with Gasteiger partial charge in [-0.15, -0.1) is 0 Å². The Hall–Kier alpha value is -2.18. The van der Waals surface area contributed by atoms with Gasteiger partial charge in [-0.3, -0.25) is 0 Å². The van der Waals surface area contributed by atoms with Crippen molar-refractivity contribution < 1.29 is 4.74 Å². The fraction of sp³-hybridized carbons (Fsp3) is 0.261. The van der Waals surface area contributed by atoms with Gasteiger partial charge in [0.1, 0.15) is 6.61 Å². The van der Waals surface area contributed by atoms with Crippen LogP contribution in [-0.2, 0) is 4.74 Å². The second-order valence-electron chi connectivity index (χ2n) is 7.13. The van der Waals surface area contributed by atoms with Gasteiger partial charge in [-0.1, -0.05) is 74.5 Å². The molecule has 0 bridgehead atoms. The summed E-state index contributed by atoms with van der Waals surface area (Å²) in [5.74, 6) is 3.80. The number of aliphatic imine (C=N–C) groups is 1. The third-order valence-corrected chi connectivity index (χ3v) is 7.06. The third kappa shape index (κ3) is 3.97. The van der Waals surface area contributed by atoms with Crippen LogP contribution in [-0.4, -0.2) is 18.5 Å². The molecule has 1 heterocycles. The maximum atomic E-state index is 5.75. The first-order chi connectivity index (χ1) is 12.7. The average Bonchev–Trinajstić information content (AvgIpc) is 3.21. The number of nitrogens with zero attached hydrogens (tertiary/aromatic N) is 1. The Kier molecular flexibility index (Phi) is 5.04.